The van der Waals surface area contributed by atoms with E-state index in [1.165, 1.54) is 0 Å². The molecule has 0 heterocycles. The van der Waals surface area contributed by atoms with Gasteiger partial charge in [-0.3, -0.25) is 4.79 Å². The number of hydrogen-bond donors (Lipinski definition) is 2. The lowest BCUT2D eigenvalue weighted by Crippen LogP contribution is -2.36. The normalized spacial score (nSPS) is 11.8. The SMILES string of the molecule is O=C(Cc1ccc(Cl)cc1)NCC(O)COc1cccc(Cl)c1Cl. The number of nitrogens with one attached hydrogen (secondary N) is 1. The Bertz CT molecular complexity index is 692. The van der Waals surface area contributed by atoms with Crippen LogP contribution in [0.4, 0.5) is 0 Å². The molecule has 0 aliphatic heterocycles. The second-order valence-corrected chi connectivity index (χ2v) is 6.35. The first-order valence-corrected chi connectivity index (χ1v) is 8.35. The van der Waals surface area contributed by atoms with Gasteiger partial charge in [0.15, 0.2) is 0 Å². The first-order valence-electron chi connectivity index (χ1n) is 7.21. The smallest absolute Gasteiger partial charge is 0.224 e. The van der Waals surface area contributed by atoms with Crippen LogP contribution in [0.15, 0.2) is 42.5 Å². The quantitative estimate of drug-likeness (QED) is 0.759. The minimum Gasteiger partial charge on any atom is -0.489 e. The summed E-state index contributed by atoms with van der Waals surface area (Å²) in [6, 6.07) is 12.0. The second-order valence-electron chi connectivity index (χ2n) is 5.12. The van der Waals surface area contributed by atoms with Crippen molar-refractivity contribution in [2.45, 2.75) is 12.5 Å². The van der Waals surface area contributed by atoms with Crippen LogP contribution < -0.4 is 10.1 Å². The molecule has 4 nitrogen and oxygen atoms in total. The molecule has 0 saturated carbocycles. The molecule has 128 valence electrons. The Morgan fingerprint density at radius 1 is 1.12 bits per heavy atom. The van der Waals surface area contributed by atoms with E-state index in [9.17, 15) is 9.90 Å². The number of rotatable bonds is 7. The fraction of sp³-hybridized carbons (Fsp3) is 0.235. The molecule has 2 N–H and O–H groups in total. The highest BCUT2D eigenvalue weighted by Crippen LogP contribution is 2.31. The Labute approximate surface area is 155 Å². The van der Waals surface area contributed by atoms with E-state index in [1.54, 1.807) is 42.5 Å². The molecule has 0 spiro atoms. The van der Waals surface area contributed by atoms with Gasteiger partial charge in [-0.05, 0) is 29.8 Å². The molecular formula is C17H16Cl3NO3. The topological polar surface area (TPSA) is 58.6 Å². The van der Waals surface area contributed by atoms with Crippen molar-refractivity contribution < 1.29 is 14.6 Å². The van der Waals surface area contributed by atoms with Crippen molar-refractivity contribution in [2.75, 3.05) is 13.2 Å². The van der Waals surface area contributed by atoms with Crippen molar-refractivity contribution in [2.24, 2.45) is 0 Å². The van der Waals surface area contributed by atoms with Gasteiger partial charge in [0.1, 0.15) is 23.5 Å². The maximum absolute atomic E-state index is 11.8. The molecule has 0 aliphatic carbocycles. The molecule has 2 aromatic carbocycles. The Kier molecular flexibility index (Phi) is 7.18. The minimum atomic E-state index is -0.866. The fourth-order valence-corrected chi connectivity index (χ4v) is 2.39. The summed E-state index contributed by atoms with van der Waals surface area (Å²) in [6.45, 7) is 0.0614. The largest absolute Gasteiger partial charge is 0.489 e. The molecule has 0 saturated heterocycles. The van der Waals surface area contributed by atoms with E-state index in [1.807, 2.05) is 0 Å². The third-order valence-electron chi connectivity index (χ3n) is 3.16. The van der Waals surface area contributed by atoms with E-state index in [0.717, 1.165) is 5.56 Å². The summed E-state index contributed by atoms with van der Waals surface area (Å²) in [5.41, 5.74) is 0.841. The Morgan fingerprint density at radius 2 is 1.83 bits per heavy atom. The molecule has 1 unspecified atom stereocenters. The van der Waals surface area contributed by atoms with Crippen molar-refractivity contribution in [1.82, 2.24) is 5.32 Å². The van der Waals surface area contributed by atoms with Crippen LogP contribution in [0.1, 0.15) is 5.56 Å². The summed E-state index contributed by atoms with van der Waals surface area (Å²) >= 11 is 17.7. The van der Waals surface area contributed by atoms with E-state index in [2.05, 4.69) is 5.32 Å². The average Bonchev–Trinajstić information content (AvgIpc) is 2.56. The molecular weight excluding hydrogens is 373 g/mol. The predicted octanol–water partition coefficient (Wildman–Crippen LogP) is 3.75. The highest BCUT2D eigenvalue weighted by Gasteiger charge is 2.11. The van der Waals surface area contributed by atoms with Gasteiger partial charge in [0.25, 0.3) is 0 Å². The van der Waals surface area contributed by atoms with E-state index >= 15 is 0 Å². The standard InChI is InChI=1S/C17H16Cl3NO3/c18-12-6-4-11(5-7-12)8-16(23)21-9-13(22)10-24-15-3-1-2-14(19)17(15)20/h1-7,13,22H,8-10H2,(H,21,23). The molecule has 2 rings (SSSR count). The summed E-state index contributed by atoms with van der Waals surface area (Å²) in [7, 11) is 0. The number of carbonyl (C=O) groups excluding carboxylic acids is 1. The van der Waals surface area contributed by atoms with Crippen molar-refractivity contribution in [1.29, 1.82) is 0 Å². The van der Waals surface area contributed by atoms with Gasteiger partial charge < -0.3 is 15.2 Å². The Balaban J connectivity index is 1.74. The summed E-state index contributed by atoms with van der Waals surface area (Å²) in [6.07, 6.45) is -0.653. The van der Waals surface area contributed by atoms with Gasteiger partial charge in [0.05, 0.1) is 11.4 Å². The highest BCUT2D eigenvalue weighted by atomic mass is 35.5. The van der Waals surface area contributed by atoms with Crippen molar-refractivity contribution in [3.05, 3.63) is 63.1 Å². The molecule has 2 aromatic rings. The number of amides is 1. The zero-order valence-corrected chi connectivity index (χ0v) is 14.9. The molecule has 0 aromatic heterocycles. The fourth-order valence-electron chi connectivity index (χ4n) is 1.92. The summed E-state index contributed by atoms with van der Waals surface area (Å²) in [5.74, 6) is 0.188. The number of carbonyl (C=O) groups is 1. The van der Waals surface area contributed by atoms with Gasteiger partial charge in [0.2, 0.25) is 5.91 Å². The summed E-state index contributed by atoms with van der Waals surface area (Å²) in [5, 5.41) is 13.8. The van der Waals surface area contributed by atoms with E-state index in [-0.39, 0.29) is 30.5 Å². The lowest BCUT2D eigenvalue weighted by molar-refractivity contribution is -0.121. The highest BCUT2D eigenvalue weighted by molar-refractivity contribution is 6.42. The third kappa shape index (κ3) is 5.87. The number of aliphatic hydroxyl groups is 1. The maximum Gasteiger partial charge on any atom is 0.224 e. The number of hydrogen-bond acceptors (Lipinski definition) is 3. The maximum atomic E-state index is 11.8. The van der Waals surface area contributed by atoms with Gasteiger partial charge in [-0.1, -0.05) is 53.0 Å². The first-order chi connectivity index (χ1) is 11.5. The van der Waals surface area contributed by atoms with Crippen molar-refractivity contribution in [3.8, 4) is 5.75 Å². The van der Waals surface area contributed by atoms with Crippen LogP contribution in [0, 0.1) is 0 Å². The molecule has 1 atom stereocenters. The monoisotopic (exact) mass is 387 g/mol. The average molecular weight is 389 g/mol. The summed E-state index contributed by atoms with van der Waals surface area (Å²) in [4.78, 5) is 11.8. The second kappa shape index (κ2) is 9.14. The van der Waals surface area contributed by atoms with Crippen LogP contribution in [0.3, 0.4) is 0 Å². The van der Waals surface area contributed by atoms with Crippen LogP contribution in [-0.4, -0.2) is 30.3 Å². The van der Waals surface area contributed by atoms with Crippen LogP contribution in [-0.2, 0) is 11.2 Å². The molecule has 0 aliphatic rings. The minimum absolute atomic E-state index is 0.0126. The lowest BCUT2D eigenvalue weighted by Gasteiger charge is -2.14. The van der Waals surface area contributed by atoms with Gasteiger partial charge in [-0.15, -0.1) is 0 Å². The third-order valence-corrected chi connectivity index (χ3v) is 4.21. The molecule has 0 fully saturated rings. The van der Waals surface area contributed by atoms with E-state index in [0.29, 0.717) is 15.8 Å². The van der Waals surface area contributed by atoms with Crippen LogP contribution >= 0.6 is 34.8 Å². The number of aliphatic hydroxyl groups excluding tert-OH is 1. The Hall–Kier alpha value is -1.46. The van der Waals surface area contributed by atoms with Crippen LogP contribution in [0.2, 0.25) is 15.1 Å². The molecule has 24 heavy (non-hydrogen) atoms. The molecule has 0 bridgehead atoms. The van der Waals surface area contributed by atoms with Gasteiger partial charge >= 0.3 is 0 Å². The van der Waals surface area contributed by atoms with Gasteiger partial charge in [-0.2, -0.15) is 0 Å². The lowest BCUT2D eigenvalue weighted by atomic mass is 10.1. The first kappa shape index (κ1) is 18.9. The summed E-state index contributed by atoms with van der Waals surface area (Å²) < 4.78 is 5.41. The number of benzene rings is 2. The van der Waals surface area contributed by atoms with Crippen molar-refractivity contribution >= 4 is 40.7 Å². The van der Waals surface area contributed by atoms with Gasteiger partial charge in [0, 0.05) is 11.6 Å². The van der Waals surface area contributed by atoms with Gasteiger partial charge in [-0.25, -0.2) is 0 Å². The van der Waals surface area contributed by atoms with E-state index < -0.39 is 6.10 Å². The zero-order chi connectivity index (χ0) is 17.5. The van der Waals surface area contributed by atoms with E-state index in [4.69, 9.17) is 39.5 Å². The number of ether oxygens (including phenoxy) is 1. The molecule has 0 radical (unpaired) electrons. The predicted molar refractivity (Wildman–Crippen MR) is 96.1 cm³/mol. The zero-order valence-electron chi connectivity index (χ0n) is 12.6. The number of halogens is 3. The van der Waals surface area contributed by atoms with Crippen LogP contribution in [0.5, 0.6) is 5.75 Å². The van der Waals surface area contributed by atoms with Crippen molar-refractivity contribution in [3.63, 3.8) is 0 Å². The molecule has 7 heteroatoms. The molecule has 1 amide bonds. The van der Waals surface area contributed by atoms with Crippen LogP contribution in [0.25, 0.3) is 0 Å². The Morgan fingerprint density at radius 3 is 2.54 bits per heavy atom.